The minimum Gasteiger partial charge on any atom is -0.490 e. The average molecular weight is 381 g/mol. The molecule has 0 N–H and O–H groups in total. The molecule has 0 heterocycles. The number of ether oxygens (including phenoxy) is 3. The molecule has 0 amide bonds. The van der Waals surface area contributed by atoms with Gasteiger partial charge in [0.05, 0.1) is 18.2 Å². The monoisotopic (exact) mass is 380 g/mol. The number of hydrogen-bond acceptors (Lipinski definition) is 4. The molecule has 4 nitrogen and oxygen atoms in total. The van der Waals surface area contributed by atoms with Crippen LogP contribution in [0.4, 0.5) is 0 Å². The van der Waals surface area contributed by atoms with E-state index in [1.807, 2.05) is 19.9 Å². The molecule has 0 fully saturated rings. The Morgan fingerprint density at radius 3 is 2.32 bits per heavy atom. The van der Waals surface area contributed by atoms with Crippen LogP contribution in [0.2, 0.25) is 10.0 Å². The molecule has 2 aromatic carbocycles. The van der Waals surface area contributed by atoms with Crippen molar-refractivity contribution in [1.82, 2.24) is 0 Å². The van der Waals surface area contributed by atoms with Crippen LogP contribution in [-0.4, -0.2) is 19.2 Å². The second-order valence-corrected chi connectivity index (χ2v) is 5.75. The normalized spacial score (nSPS) is 10.7. The first-order valence-electron chi connectivity index (χ1n) is 7.78. The van der Waals surface area contributed by atoms with Gasteiger partial charge in [0.25, 0.3) is 0 Å². The fourth-order valence-electron chi connectivity index (χ4n) is 2.04. The van der Waals surface area contributed by atoms with Gasteiger partial charge >= 0.3 is 5.97 Å². The summed E-state index contributed by atoms with van der Waals surface area (Å²) in [5.74, 6) is 0.996. The molecule has 2 aromatic rings. The van der Waals surface area contributed by atoms with E-state index in [1.54, 1.807) is 30.3 Å². The molecule has 0 aliphatic carbocycles. The molecule has 0 aliphatic heterocycles. The van der Waals surface area contributed by atoms with Gasteiger partial charge in [-0.25, -0.2) is 4.79 Å². The van der Waals surface area contributed by atoms with Gasteiger partial charge in [-0.15, -0.1) is 0 Å². The summed E-state index contributed by atoms with van der Waals surface area (Å²) in [5, 5.41) is 0.743. The van der Waals surface area contributed by atoms with Crippen molar-refractivity contribution in [3.05, 3.63) is 58.1 Å². The van der Waals surface area contributed by atoms with Crippen molar-refractivity contribution >= 4 is 35.2 Å². The standard InChI is InChI=1S/C19H18Cl2O4/c1-3-23-17-8-5-13(11-18(17)24-4-2)6-10-19(22)25-16-9-7-14(20)12-15(16)21/h5-12H,3-4H2,1-2H3/b10-6+. The first-order chi connectivity index (χ1) is 12.0. The van der Waals surface area contributed by atoms with Crippen LogP contribution in [0.3, 0.4) is 0 Å². The zero-order valence-corrected chi connectivity index (χ0v) is 15.4. The Balaban J connectivity index is 2.09. The number of carbonyl (C=O) groups excluding carboxylic acids is 1. The lowest BCUT2D eigenvalue weighted by molar-refractivity contribution is -0.128. The van der Waals surface area contributed by atoms with Crippen LogP contribution in [0.15, 0.2) is 42.5 Å². The minimum atomic E-state index is -0.545. The average Bonchev–Trinajstić information content (AvgIpc) is 2.58. The van der Waals surface area contributed by atoms with Gasteiger partial charge in [0, 0.05) is 11.1 Å². The van der Waals surface area contributed by atoms with Gasteiger partial charge in [0.2, 0.25) is 0 Å². The molecule has 0 radical (unpaired) electrons. The fraction of sp³-hybridized carbons (Fsp3) is 0.211. The largest absolute Gasteiger partial charge is 0.490 e. The predicted molar refractivity (Wildman–Crippen MR) is 99.9 cm³/mol. The van der Waals surface area contributed by atoms with Gasteiger partial charge in [-0.05, 0) is 55.8 Å². The summed E-state index contributed by atoms with van der Waals surface area (Å²) in [7, 11) is 0. The van der Waals surface area contributed by atoms with Gasteiger partial charge in [-0.2, -0.15) is 0 Å². The van der Waals surface area contributed by atoms with Gasteiger partial charge in [-0.1, -0.05) is 29.3 Å². The lowest BCUT2D eigenvalue weighted by Crippen LogP contribution is -2.04. The summed E-state index contributed by atoms with van der Waals surface area (Å²) in [6.45, 7) is 4.86. The first-order valence-corrected chi connectivity index (χ1v) is 8.53. The van der Waals surface area contributed by atoms with Crippen LogP contribution in [-0.2, 0) is 4.79 Å². The highest BCUT2D eigenvalue weighted by atomic mass is 35.5. The van der Waals surface area contributed by atoms with Crippen LogP contribution in [0.25, 0.3) is 6.08 Å². The molecule has 0 atom stereocenters. The molecular formula is C19H18Cl2O4. The highest BCUT2D eigenvalue weighted by molar-refractivity contribution is 6.35. The highest BCUT2D eigenvalue weighted by Gasteiger charge is 2.08. The molecule has 0 aliphatic rings. The second kappa shape index (κ2) is 9.35. The summed E-state index contributed by atoms with van der Waals surface area (Å²) < 4.78 is 16.3. The lowest BCUT2D eigenvalue weighted by atomic mass is 10.2. The quantitative estimate of drug-likeness (QED) is 0.366. The third-order valence-electron chi connectivity index (χ3n) is 3.08. The summed E-state index contributed by atoms with van der Waals surface area (Å²) in [5.41, 5.74) is 0.783. The molecule has 25 heavy (non-hydrogen) atoms. The van der Waals surface area contributed by atoms with E-state index in [1.165, 1.54) is 12.1 Å². The Labute approximate surface area is 156 Å². The number of rotatable bonds is 7. The molecule has 6 heteroatoms. The fourth-order valence-corrected chi connectivity index (χ4v) is 2.48. The molecule has 0 saturated carbocycles. The zero-order valence-electron chi connectivity index (χ0n) is 13.9. The maximum absolute atomic E-state index is 11.9. The highest BCUT2D eigenvalue weighted by Crippen LogP contribution is 2.29. The van der Waals surface area contributed by atoms with E-state index in [0.717, 1.165) is 5.56 Å². The van der Waals surface area contributed by atoms with Crippen molar-refractivity contribution in [3.63, 3.8) is 0 Å². The molecule has 0 saturated heterocycles. The van der Waals surface area contributed by atoms with E-state index >= 15 is 0 Å². The van der Waals surface area contributed by atoms with Crippen molar-refractivity contribution in [1.29, 1.82) is 0 Å². The van der Waals surface area contributed by atoms with E-state index in [2.05, 4.69) is 0 Å². The van der Waals surface area contributed by atoms with Crippen molar-refractivity contribution in [2.75, 3.05) is 13.2 Å². The Kier molecular flexibility index (Phi) is 7.16. The minimum absolute atomic E-state index is 0.252. The van der Waals surface area contributed by atoms with Crippen LogP contribution < -0.4 is 14.2 Å². The van der Waals surface area contributed by atoms with Crippen LogP contribution in [0.5, 0.6) is 17.2 Å². The summed E-state index contributed by atoms with van der Waals surface area (Å²) >= 11 is 11.8. The Bertz CT molecular complexity index is 772. The number of carbonyl (C=O) groups is 1. The smallest absolute Gasteiger partial charge is 0.336 e. The predicted octanol–water partition coefficient (Wildman–Crippen LogP) is 5.41. The SMILES string of the molecule is CCOc1ccc(/C=C/C(=O)Oc2ccc(Cl)cc2Cl)cc1OCC. The molecule has 2 rings (SSSR count). The zero-order chi connectivity index (χ0) is 18.2. The number of esters is 1. The Morgan fingerprint density at radius 1 is 0.960 bits per heavy atom. The second-order valence-electron chi connectivity index (χ2n) is 4.90. The van der Waals surface area contributed by atoms with E-state index in [-0.39, 0.29) is 10.8 Å². The lowest BCUT2D eigenvalue weighted by Gasteiger charge is -2.11. The van der Waals surface area contributed by atoms with Crippen LogP contribution in [0.1, 0.15) is 19.4 Å². The first kappa shape index (κ1) is 19.2. The van der Waals surface area contributed by atoms with E-state index in [9.17, 15) is 4.79 Å². The third kappa shape index (κ3) is 5.69. The van der Waals surface area contributed by atoms with Gasteiger partial charge in [-0.3, -0.25) is 0 Å². The Morgan fingerprint density at radius 2 is 1.64 bits per heavy atom. The molecule has 132 valence electrons. The maximum atomic E-state index is 11.9. The molecule has 0 aromatic heterocycles. The summed E-state index contributed by atoms with van der Waals surface area (Å²) in [6, 6.07) is 10.1. The summed E-state index contributed by atoms with van der Waals surface area (Å²) in [6.07, 6.45) is 2.95. The van der Waals surface area contributed by atoms with Crippen LogP contribution >= 0.6 is 23.2 Å². The van der Waals surface area contributed by atoms with Crippen molar-refractivity contribution in [3.8, 4) is 17.2 Å². The topological polar surface area (TPSA) is 44.8 Å². The van der Waals surface area contributed by atoms with Crippen molar-refractivity contribution in [2.24, 2.45) is 0 Å². The van der Waals surface area contributed by atoms with Crippen molar-refractivity contribution in [2.45, 2.75) is 13.8 Å². The molecule has 0 unspecified atom stereocenters. The third-order valence-corrected chi connectivity index (χ3v) is 3.61. The number of benzene rings is 2. The molecule has 0 spiro atoms. The van der Waals surface area contributed by atoms with Gasteiger partial charge in [0.1, 0.15) is 5.75 Å². The van der Waals surface area contributed by atoms with Gasteiger partial charge in [0.15, 0.2) is 11.5 Å². The van der Waals surface area contributed by atoms with E-state index < -0.39 is 5.97 Å². The van der Waals surface area contributed by atoms with E-state index in [0.29, 0.717) is 29.7 Å². The number of hydrogen-bond donors (Lipinski definition) is 0. The van der Waals surface area contributed by atoms with Crippen LogP contribution in [0, 0.1) is 0 Å². The summed E-state index contributed by atoms with van der Waals surface area (Å²) in [4.78, 5) is 11.9. The molecular weight excluding hydrogens is 363 g/mol. The van der Waals surface area contributed by atoms with Crippen molar-refractivity contribution < 1.29 is 19.0 Å². The van der Waals surface area contributed by atoms with E-state index in [4.69, 9.17) is 37.4 Å². The maximum Gasteiger partial charge on any atom is 0.336 e. The molecule has 0 bridgehead atoms. The Hall–Kier alpha value is -2.17. The van der Waals surface area contributed by atoms with Gasteiger partial charge < -0.3 is 14.2 Å². The number of halogens is 2.